The Labute approximate surface area is 155 Å². The molecule has 1 aromatic rings. The molecule has 1 unspecified atom stereocenters. The average Bonchev–Trinajstić information content (AvgIpc) is 3.45. The SMILES string of the molecule is COc1cc(OC)c(OC)cc1CN1CCCC(CC2CC2)(C(N)=O)C1. The van der Waals surface area contributed by atoms with E-state index in [1.807, 2.05) is 12.1 Å². The van der Waals surface area contributed by atoms with E-state index in [1.165, 1.54) is 12.8 Å². The molecule has 1 heterocycles. The number of carbonyl (C=O) groups excluding carboxylic acids is 1. The van der Waals surface area contributed by atoms with Crippen LogP contribution in [-0.2, 0) is 11.3 Å². The van der Waals surface area contributed by atoms with Crippen molar-refractivity contribution in [2.45, 2.75) is 38.6 Å². The van der Waals surface area contributed by atoms with Crippen molar-refractivity contribution >= 4 is 5.91 Å². The number of hydrogen-bond donors (Lipinski definition) is 1. The normalized spacial score (nSPS) is 23.5. The predicted molar refractivity (Wildman–Crippen MR) is 99.6 cm³/mol. The molecule has 1 saturated heterocycles. The second-order valence-corrected chi connectivity index (χ2v) is 7.63. The molecule has 0 bridgehead atoms. The first kappa shape index (κ1) is 18.8. The molecule has 6 nitrogen and oxygen atoms in total. The number of amides is 1. The van der Waals surface area contributed by atoms with Crippen molar-refractivity contribution in [3.05, 3.63) is 17.7 Å². The Bertz CT molecular complexity index is 659. The standard InChI is InChI=1S/C20H30N2O4/c1-24-16-10-18(26-3)17(25-2)9-15(16)12-22-8-4-7-20(13-22,19(21)23)11-14-5-6-14/h9-10,14H,4-8,11-13H2,1-3H3,(H2,21,23). The molecule has 144 valence electrons. The molecule has 2 aliphatic rings. The summed E-state index contributed by atoms with van der Waals surface area (Å²) in [6.07, 6.45) is 5.29. The average molecular weight is 362 g/mol. The van der Waals surface area contributed by atoms with Crippen molar-refractivity contribution in [2.75, 3.05) is 34.4 Å². The van der Waals surface area contributed by atoms with Gasteiger partial charge in [-0.3, -0.25) is 9.69 Å². The maximum Gasteiger partial charge on any atom is 0.224 e. The lowest BCUT2D eigenvalue weighted by molar-refractivity contribution is -0.132. The highest BCUT2D eigenvalue weighted by Crippen LogP contribution is 2.45. The van der Waals surface area contributed by atoms with E-state index in [-0.39, 0.29) is 11.3 Å². The van der Waals surface area contributed by atoms with Gasteiger partial charge < -0.3 is 19.9 Å². The summed E-state index contributed by atoms with van der Waals surface area (Å²) >= 11 is 0. The highest BCUT2D eigenvalue weighted by atomic mass is 16.5. The van der Waals surface area contributed by atoms with Crippen LogP contribution in [0.1, 0.15) is 37.7 Å². The van der Waals surface area contributed by atoms with E-state index in [9.17, 15) is 4.79 Å². The molecule has 1 amide bonds. The second kappa shape index (κ2) is 7.74. The van der Waals surface area contributed by atoms with Crippen LogP contribution in [-0.4, -0.2) is 45.2 Å². The number of likely N-dealkylation sites (tertiary alicyclic amines) is 1. The Morgan fingerprint density at radius 3 is 2.38 bits per heavy atom. The second-order valence-electron chi connectivity index (χ2n) is 7.63. The van der Waals surface area contributed by atoms with E-state index >= 15 is 0 Å². The van der Waals surface area contributed by atoms with Crippen molar-refractivity contribution in [2.24, 2.45) is 17.1 Å². The smallest absolute Gasteiger partial charge is 0.224 e. The van der Waals surface area contributed by atoms with Crippen LogP contribution in [0.3, 0.4) is 0 Å². The molecule has 1 saturated carbocycles. The number of nitrogens with two attached hydrogens (primary N) is 1. The maximum atomic E-state index is 12.3. The van der Waals surface area contributed by atoms with Crippen LogP contribution in [0, 0.1) is 11.3 Å². The molecule has 3 rings (SSSR count). The van der Waals surface area contributed by atoms with Gasteiger partial charge in [0.25, 0.3) is 0 Å². The zero-order valence-corrected chi connectivity index (χ0v) is 16.0. The number of carbonyl (C=O) groups is 1. The first-order valence-electron chi connectivity index (χ1n) is 9.32. The number of benzene rings is 1. The summed E-state index contributed by atoms with van der Waals surface area (Å²) in [5.41, 5.74) is 6.49. The Balaban J connectivity index is 1.80. The molecular formula is C20H30N2O4. The number of nitrogens with zero attached hydrogens (tertiary/aromatic N) is 1. The number of hydrogen-bond acceptors (Lipinski definition) is 5. The minimum atomic E-state index is -0.386. The van der Waals surface area contributed by atoms with Gasteiger partial charge in [-0.25, -0.2) is 0 Å². The van der Waals surface area contributed by atoms with E-state index in [2.05, 4.69) is 4.90 Å². The number of rotatable bonds is 8. The van der Waals surface area contributed by atoms with Crippen molar-refractivity contribution < 1.29 is 19.0 Å². The topological polar surface area (TPSA) is 74.0 Å². The summed E-state index contributed by atoms with van der Waals surface area (Å²) in [6, 6.07) is 3.81. The van der Waals surface area contributed by atoms with Gasteiger partial charge >= 0.3 is 0 Å². The van der Waals surface area contributed by atoms with E-state index in [0.717, 1.165) is 43.7 Å². The zero-order chi connectivity index (χ0) is 18.7. The first-order valence-corrected chi connectivity index (χ1v) is 9.32. The van der Waals surface area contributed by atoms with Gasteiger partial charge in [-0.05, 0) is 37.8 Å². The molecule has 2 fully saturated rings. The summed E-state index contributed by atoms with van der Waals surface area (Å²) in [5.74, 6) is 2.62. The van der Waals surface area contributed by atoms with Gasteiger partial charge in [-0.15, -0.1) is 0 Å². The van der Waals surface area contributed by atoms with Gasteiger partial charge in [0, 0.05) is 24.7 Å². The Kier molecular flexibility index (Phi) is 5.61. The van der Waals surface area contributed by atoms with Crippen LogP contribution in [0.5, 0.6) is 17.2 Å². The van der Waals surface area contributed by atoms with E-state index in [1.54, 1.807) is 21.3 Å². The summed E-state index contributed by atoms with van der Waals surface area (Å²) in [4.78, 5) is 14.6. The largest absolute Gasteiger partial charge is 0.496 e. The molecule has 26 heavy (non-hydrogen) atoms. The Hall–Kier alpha value is -1.95. The molecule has 2 N–H and O–H groups in total. The van der Waals surface area contributed by atoms with Gasteiger partial charge in [0.1, 0.15) is 5.75 Å². The highest BCUT2D eigenvalue weighted by Gasteiger charge is 2.44. The number of methoxy groups -OCH3 is 3. The summed E-state index contributed by atoms with van der Waals surface area (Å²) in [5, 5.41) is 0. The van der Waals surface area contributed by atoms with Crippen molar-refractivity contribution in [1.29, 1.82) is 0 Å². The molecule has 1 atom stereocenters. The molecule has 0 spiro atoms. The quantitative estimate of drug-likeness (QED) is 0.769. The Morgan fingerprint density at radius 1 is 1.15 bits per heavy atom. The van der Waals surface area contributed by atoms with Crippen LogP contribution < -0.4 is 19.9 Å². The number of piperidine rings is 1. The monoisotopic (exact) mass is 362 g/mol. The van der Waals surface area contributed by atoms with Gasteiger partial charge in [0.15, 0.2) is 11.5 Å². The van der Waals surface area contributed by atoms with Crippen LogP contribution in [0.15, 0.2) is 12.1 Å². The van der Waals surface area contributed by atoms with E-state index < -0.39 is 0 Å². The lowest BCUT2D eigenvalue weighted by Gasteiger charge is -2.41. The lowest BCUT2D eigenvalue weighted by Crippen LogP contribution is -2.50. The van der Waals surface area contributed by atoms with Crippen molar-refractivity contribution in [3.63, 3.8) is 0 Å². The maximum absolute atomic E-state index is 12.3. The van der Waals surface area contributed by atoms with Crippen LogP contribution in [0.2, 0.25) is 0 Å². The lowest BCUT2D eigenvalue weighted by atomic mass is 9.75. The van der Waals surface area contributed by atoms with Gasteiger partial charge in [-0.2, -0.15) is 0 Å². The molecule has 1 aliphatic carbocycles. The number of ether oxygens (including phenoxy) is 3. The van der Waals surface area contributed by atoms with Crippen LogP contribution in [0.4, 0.5) is 0 Å². The molecule has 6 heteroatoms. The third-order valence-electron chi connectivity index (χ3n) is 5.74. The highest BCUT2D eigenvalue weighted by molar-refractivity contribution is 5.81. The van der Waals surface area contributed by atoms with Gasteiger partial charge in [0.2, 0.25) is 5.91 Å². The van der Waals surface area contributed by atoms with Gasteiger partial charge in [0.05, 0.1) is 26.7 Å². The Morgan fingerprint density at radius 2 is 1.81 bits per heavy atom. The fourth-order valence-corrected chi connectivity index (χ4v) is 4.16. The van der Waals surface area contributed by atoms with Crippen LogP contribution in [0.25, 0.3) is 0 Å². The van der Waals surface area contributed by atoms with Crippen molar-refractivity contribution in [3.8, 4) is 17.2 Å². The zero-order valence-electron chi connectivity index (χ0n) is 16.0. The van der Waals surface area contributed by atoms with Crippen LogP contribution >= 0.6 is 0 Å². The van der Waals surface area contributed by atoms with Gasteiger partial charge in [-0.1, -0.05) is 12.8 Å². The first-order chi connectivity index (χ1) is 12.5. The molecule has 0 radical (unpaired) electrons. The predicted octanol–water partition coefficient (Wildman–Crippen LogP) is 2.58. The minimum absolute atomic E-state index is 0.145. The minimum Gasteiger partial charge on any atom is -0.496 e. The van der Waals surface area contributed by atoms with Crippen molar-refractivity contribution in [1.82, 2.24) is 4.90 Å². The fraction of sp³-hybridized carbons (Fsp3) is 0.650. The number of primary amides is 1. The van der Waals surface area contributed by atoms with E-state index in [4.69, 9.17) is 19.9 Å². The molecular weight excluding hydrogens is 332 g/mol. The summed E-state index contributed by atoms with van der Waals surface area (Å²) in [7, 11) is 4.89. The summed E-state index contributed by atoms with van der Waals surface area (Å²) < 4.78 is 16.3. The molecule has 1 aromatic carbocycles. The third kappa shape index (κ3) is 3.90. The third-order valence-corrected chi connectivity index (χ3v) is 5.74. The fourth-order valence-electron chi connectivity index (χ4n) is 4.16. The molecule has 1 aliphatic heterocycles. The molecule has 0 aromatic heterocycles. The van der Waals surface area contributed by atoms with E-state index in [0.29, 0.717) is 24.0 Å². The summed E-state index contributed by atoms with van der Waals surface area (Å²) in [6.45, 7) is 2.37.